The first-order valence-corrected chi connectivity index (χ1v) is 9.81. The van der Waals surface area contributed by atoms with Gasteiger partial charge in [0.1, 0.15) is 5.69 Å². The molecule has 0 saturated carbocycles. The molecule has 1 aromatic heterocycles. The van der Waals surface area contributed by atoms with Gasteiger partial charge in [0.2, 0.25) is 0 Å². The van der Waals surface area contributed by atoms with Crippen LogP contribution in [-0.2, 0) is 0 Å². The first kappa shape index (κ1) is 19.6. The molecule has 0 bridgehead atoms. The van der Waals surface area contributed by atoms with E-state index in [1.807, 2.05) is 78.9 Å². The smallest absolute Gasteiger partial charge is 0.267 e. The zero-order chi connectivity index (χ0) is 20.9. The van der Waals surface area contributed by atoms with Gasteiger partial charge in [0.05, 0.1) is 17.0 Å². The number of nitrogens with one attached hydrogen (secondary N) is 1. The van der Waals surface area contributed by atoms with Crippen LogP contribution in [0.1, 0.15) is 22.8 Å². The molecule has 0 aliphatic rings. The van der Waals surface area contributed by atoms with Crippen molar-refractivity contribution < 1.29 is 4.79 Å². The Bertz CT molecular complexity index is 1200. The maximum atomic E-state index is 13.0. The zero-order valence-electron chi connectivity index (χ0n) is 16.3. The standard InChI is InChI=1S/C24H19ClN4O/c1-17(20-14-8-9-15-22(20)25)26-27-24(30)21-16-29(19-12-6-3-7-13-19)28-23(21)18-10-4-2-5-11-18/h2-16H,1H3,(H,27,30). The van der Waals surface area contributed by atoms with Gasteiger partial charge in [-0.3, -0.25) is 4.79 Å². The van der Waals surface area contributed by atoms with Crippen LogP contribution in [0.4, 0.5) is 0 Å². The highest BCUT2D eigenvalue weighted by atomic mass is 35.5. The lowest BCUT2D eigenvalue weighted by atomic mass is 10.1. The minimum atomic E-state index is -0.345. The second kappa shape index (κ2) is 8.76. The molecular formula is C24H19ClN4O. The minimum Gasteiger partial charge on any atom is -0.267 e. The van der Waals surface area contributed by atoms with Gasteiger partial charge in [-0.2, -0.15) is 10.2 Å². The van der Waals surface area contributed by atoms with Crippen molar-refractivity contribution in [2.45, 2.75) is 6.92 Å². The number of halogens is 1. The molecule has 1 amide bonds. The van der Waals surface area contributed by atoms with Crippen molar-refractivity contribution in [2.24, 2.45) is 5.10 Å². The number of hydrogen-bond donors (Lipinski definition) is 1. The number of nitrogens with zero attached hydrogens (tertiary/aromatic N) is 3. The third-order valence-corrected chi connectivity index (χ3v) is 4.95. The van der Waals surface area contributed by atoms with E-state index in [4.69, 9.17) is 11.6 Å². The van der Waals surface area contributed by atoms with Crippen LogP contribution in [0.15, 0.2) is 96.2 Å². The Kier molecular flexibility index (Phi) is 5.72. The number of carbonyl (C=O) groups excluding carboxylic acids is 1. The van der Waals surface area contributed by atoms with E-state index in [1.54, 1.807) is 23.9 Å². The fourth-order valence-corrected chi connectivity index (χ4v) is 3.34. The van der Waals surface area contributed by atoms with Gasteiger partial charge in [-0.25, -0.2) is 10.1 Å². The molecule has 0 fully saturated rings. The minimum absolute atomic E-state index is 0.345. The molecule has 0 saturated heterocycles. The van der Waals surface area contributed by atoms with E-state index in [0.717, 1.165) is 16.8 Å². The summed E-state index contributed by atoms with van der Waals surface area (Å²) >= 11 is 6.22. The van der Waals surface area contributed by atoms with E-state index in [9.17, 15) is 4.79 Å². The lowest BCUT2D eigenvalue weighted by Crippen LogP contribution is -2.19. The summed E-state index contributed by atoms with van der Waals surface area (Å²) in [6, 6.07) is 26.6. The number of para-hydroxylation sites is 1. The van der Waals surface area contributed by atoms with E-state index in [2.05, 4.69) is 15.6 Å². The zero-order valence-corrected chi connectivity index (χ0v) is 17.0. The van der Waals surface area contributed by atoms with Gasteiger partial charge in [-0.1, -0.05) is 78.3 Å². The predicted octanol–water partition coefficient (Wildman–Crippen LogP) is 5.35. The highest BCUT2D eigenvalue weighted by molar-refractivity contribution is 6.34. The monoisotopic (exact) mass is 414 g/mol. The number of hydrazone groups is 1. The molecule has 1 heterocycles. The van der Waals surface area contributed by atoms with Gasteiger partial charge >= 0.3 is 0 Å². The van der Waals surface area contributed by atoms with Crippen molar-refractivity contribution in [1.82, 2.24) is 15.2 Å². The average Bonchev–Trinajstić information content (AvgIpc) is 3.24. The number of rotatable bonds is 5. The van der Waals surface area contributed by atoms with Crippen LogP contribution >= 0.6 is 11.6 Å². The van der Waals surface area contributed by atoms with Crippen molar-refractivity contribution in [3.63, 3.8) is 0 Å². The summed E-state index contributed by atoms with van der Waals surface area (Å²) in [4.78, 5) is 13.0. The Hall–Kier alpha value is -3.70. The van der Waals surface area contributed by atoms with Crippen LogP contribution in [0.2, 0.25) is 5.02 Å². The number of hydrogen-bond acceptors (Lipinski definition) is 3. The normalized spacial score (nSPS) is 11.3. The van der Waals surface area contributed by atoms with Crippen LogP contribution in [0, 0.1) is 0 Å². The Morgan fingerprint density at radius 2 is 1.53 bits per heavy atom. The Morgan fingerprint density at radius 3 is 2.23 bits per heavy atom. The molecule has 0 spiro atoms. The molecule has 1 N–H and O–H groups in total. The molecule has 3 aromatic carbocycles. The first-order valence-electron chi connectivity index (χ1n) is 9.43. The van der Waals surface area contributed by atoms with Gasteiger partial charge in [-0.05, 0) is 25.1 Å². The van der Waals surface area contributed by atoms with Gasteiger partial charge in [-0.15, -0.1) is 0 Å². The highest BCUT2D eigenvalue weighted by Gasteiger charge is 2.18. The molecular weight excluding hydrogens is 396 g/mol. The average molecular weight is 415 g/mol. The summed E-state index contributed by atoms with van der Waals surface area (Å²) in [6.45, 7) is 1.80. The van der Waals surface area contributed by atoms with Crippen molar-refractivity contribution in [3.05, 3.63) is 107 Å². The largest absolute Gasteiger partial charge is 0.275 e. The first-order chi connectivity index (χ1) is 14.6. The molecule has 0 atom stereocenters. The fourth-order valence-electron chi connectivity index (χ4n) is 3.07. The molecule has 0 unspecified atom stereocenters. The van der Waals surface area contributed by atoms with Gasteiger partial charge in [0, 0.05) is 22.3 Å². The summed E-state index contributed by atoms with van der Waals surface area (Å²) in [5.74, 6) is -0.345. The Morgan fingerprint density at radius 1 is 0.900 bits per heavy atom. The van der Waals surface area contributed by atoms with Gasteiger partial charge in [0.15, 0.2) is 0 Å². The predicted molar refractivity (Wildman–Crippen MR) is 120 cm³/mol. The quantitative estimate of drug-likeness (QED) is 0.353. The molecule has 0 radical (unpaired) electrons. The maximum Gasteiger partial charge on any atom is 0.275 e. The SMILES string of the molecule is CC(=NNC(=O)c1cn(-c2ccccc2)nc1-c1ccccc1)c1ccccc1Cl. The second-order valence-corrected chi connectivity index (χ2v) is 7.06. The van der Waals surface area contributed by atoms with Crippen LogP contribution in [0.25, 0.3) is 16.9 Å². The van der Waals surface area contributed by atoms with Crippen LogP contribution in [0.5, 0.6) is 0 Å². The molecule has 6 heteroatoms. The van der Waals surface area contributed by atoms with E-state index in [1.165, 1.54) is 0 Å². The Labute approximate surface area is 179 Å². The molecule has 148 valence electrons. The van der Waals surface area contributed by atoms with Crippen LogP contribution in [0.3, 0.4) is 0 Å². The summed E-state index contributed by atoms with van der Waals surface area (Å²) < 4.78 is 1.70. The van der Waals surface area contributed by atoms with Crippen LogP contribution in [-0.4, -0.2) is 21.4 Å². The Balaban J connectivity index is 1.68. The van der Waals surface area contributed by atoms with Crippen molar-refractivity contribution in [3.8, 4) is 16.9 Å². The molecule has 5 nitrogen and oxygen atoms in total. The third kappa shape index (κ3) is 4.16. The third-order valence-electron chi connectivity index (χ3n) is 4.62. The second-order valence-electron chi connectivity index (χ2n) is 6.66. The van der Waals surface area contributed by atoms with Crippen LogP contribution < -0.4 is 5.43 Å². The number of aromatic nitrogens is 2. The topological polar surface area (TPSA) is 59.3 Å². The molecule has 0 aliphatic heterocycles. The van der Waals surface area contributed by atoms with Crippen molar-refractivity contribution >= 4 is 23.2 Å². The molecule has 4 rings (SSSR count). The summed E-state index contributed by atoms with van der Waals surface area (Å²) in [7, 11) is 0. The lowest BCUT2D eigenvalue weighted by molar-refractivity contribution is 0.0955. The summed E-state index contributed by atoms with van der Waals surface area (Å²) in [6.07, 6.45) is 1.72. The van der Waals surface area contributed by atoms with E-state index < -0.39 is 0 Å². The summed E-state index contributed by atoms with van der Waals surface area (Å²) in [5.41, 5.74) is 6.75. The van der Waals surface area contributed by atoms with Gasteiger partial charge < -0.3 is 0 Å². The van der Waals surface area contributed by atoms with E-state index >= 15 is 0 Å². The van der Waals surface area contributed by atoms with Gasteiger partial charge in [0.25, 0.3) is 5.91 Å². The maximum absolute atomic E-state index is 13.0. The lowest BCUT2D eigenvalue weighted by Gasteiger charge is -2.05. The number of carbonyl (C=O) groups is 1. The molecule has 0 aliphatic carbocycles. The van der Waals surface area contributed by atoms with Crippen molar-refractivity contribution in [1.29, 1.82) is 0 Å². The number of benzene rings is 3. The fraction of sp³-hybridized carbons (Fsp3) is 0.0417. The molecule has 30 heavy (non-hydrogen) atoms. The van der Waals surface area contributed by atoms with E-state index in [0.29, 0.717) is 22.0 Å². The van der Waals surface area contributed by atoms with Crippen molar-refractivity contribution in [2.75, 3.05) is 0 Å². The summed E-state index contributed by atoms with van der Waals surface area (Å²) in [5, 5.41) is 9.48. The highest BCUT2D eigenvalue weighted by Crippen LogP contribution is 2.24. The molecule has 4 aromatic rings. The number of amides is 1. The van der Waals surface area contributed by atoms with E-state index in [-0.39, 0.29) is 5.91 Å².